The molecule has 3 aliphatic rings. The molecule has 4 rings (SSSR count). The third-order valence-electron chi connectivity index (χ3n) is 6.05. The molecule has 2 aliphatic heterocycles. The van der Waals surface area contributed by atoms with E-state index in [9.17, 15) is 18.0 Å². The SMILES string of the molecule is Cc1oc(C(=O)NC2CN(C(=O)[C@@H]3C[C@H]3C3CCOCC3)C2)cc1S(C)(=O)=O. The fourth-order valence-corrected chi connectivity index (χ4v) is 5.23. The molecule has 3 heterocycles. The van der Waals surface area contributed by atoms with Crippen LogP contribution in [0.25, 0.3) is 0 Å². The maximum atomic E-state index is 12.6. The monoisotopic (exact) mass is 410 g/mol. The molecule has 154 valence electrons. The van der Waals surface area contributed by atoms with E-state index in [-0.39, 0.29) is 34.3 Å². The number of furan rings is 1. The summed E-state index contributed by atoms with van der Waals surface area (Å²) in [5.74, 6) is 1.13. The maximum Gasteiger partial charge on any atom is 0.287 e. The molecule has 1 saturated carbocycles. The van der Waals surface area contributed by atoms with Crippen LogP contribution in [0.3, 0.4) is 0 Å². The molecule has 1 aromatic rings. The van der Waals surface area contributed by atoms with Gasteiger partial charge in [0.15, 0.2) is 15.6 Å². The predicted octanol–water partition coefficient (Wildman–Crippen LogP) is 0.995. The fraction of sp³-hybridized carbons (Fsp3) is 0.684. The van der Waals surface area contributed by atoms with E-state index in [2.05, 4.69) is 5.32 Å². The van der Waals surface area contributed by atoms with Crippen LogP contribution >= 0.6 is 0 Å². The van der Waals surface area contributed by atoms with Crippen molar-refractivity contribution in [1.82, 2.24) is 10.2 Å². The molecular formula is C19H26N2O6S. The Labute approximate surface area is 164 Å². The van der Waals surface area contributed by atoms with Gasteiger partial charge in [-0.15, -0.1) is 0 Å². The number of nitrogens with zero attached hydrogens (tertiary/aromatic N) is 1. The van der Waals surface area contributed by atoms with Gasteiger partial charge in [-0.05, 0) is 38.0 Å². The van der Waals surface area contributed by atoms with E-state index in [0.717, 1.165) is 38.7 Å². The average Bonchev–Trinajstić information content (AvgIpc) is 3.31. The van der Waals surface area contributed by atoms with Crippen LogP contribution in [0, 0.1) is 24.7 Å². The Kier molecular flexibility index (Phi) is 4.99. The van der Waals surface area contributed by atoms with Crippen LogP contribution in [0.4, 0.5) is 0 Å². The van der Waals surface area contributed by atoms with Crippen molar-refractivity contribution in [2.45, 2.75) is 37.1 Å². The van der Waals surface area contributed by atoms with Gasteiger partial charge in [-0.3, -0.25) is 9.59 Å². The number of rotatable bonds is 5. The normalized spacial score (nSPS) is 26.0. The summed E-state index contributed by atoms with van der Waals surface area (Å²) in [7, 11) is -3.44. The number of ether oxygens (including phenoxy) is 1. The quantitative estimate of drug-likeness (QED) is 0.776. The molecule has 2 amide bonds. The summed E-state index contributed by atoms with van der Waals surface area (Å²) in [6.45, 7) is 4.09. The zero-order valence-electron chi connectivity index (χ0n) is 16.1. The number of aryl methyl sites for hydroxylation is 1. The zero-order chi connectivity index (χ0) is 20.1. The van der Waals surface area contributed by atoms with Gasteiger partial charge in [0.05, 0.1) is 6.04 Å². The molecule has 1 aliphatic carbocycles. The van der Waals surface area contributed by atoms with Crippen molar-refractivity contribution >= 4 is 21.7 Å². The zero-order valence-corrected chi connectivity index (χ0v) is 17.0. The third kappa shape index (κ3) is 3.82. The fourth-order valence-electron chi connectivity index (χ4n) is 4.35. The lowest BCUT2D eigenvalue weighted by Gasteiger charge is -2.39. The third-order valence-corrected chi connectivity index (χ3v) is 7.26. The highest BCUT2D eigenvalue weighted by Gasteiger charge is 2.50. The first-order valence-corrected chi connectivity index (χ1v) is 11.6. The summed E-state index contributed by atoms with van der Waals surface area (Å²) in [4.78, 5) is 26.7. The first kappa shape index (κ1) is 19.4. The molecule has 0 spiro atoms. The van der Waals surface area contributed by atoms with Crippen LogP contribution in [0.1, 0.15) is 35.6 Å². The number of nitrogens with one attached hydrogen (secondary N) is 1. The molecule has 0 radical (unpaired) electrons. The van der Waals surface area contributed by atoms with E-state index in [4.69, 9.17) is 9.15 Å². The Hall–Kier alpha value is -1.87. The van der Waals surface area contributed by atoms with E-state index < -0.39 is 15.7 Å². The standard InChI is InChI=1S/C19H26N2O6S/c1-11-17(28(2,24)25)8-16(27-11)18(22)20-13-9-21(10-13)19(23)15-7-14(15)12-3-5-26-6-4-12/h8,12-15H,3-7,9-10H2,1-2H3,(H,20,22)/t14-,15+/m0/s1. The first-order valence-electron chi connectivity index (χ1n) is 9.72. The number of amides is 2. The van der Waals surface area contributed by atoms with Gasteiger partial charge in [-0.2, -0.15) is 0 Å². The van der Waals surface area contributed by atoms with Gasteiger partial charge >= 0.3 is 0 Å². The van der Waals surface area contributed by atoms with Gasteiger partial charge < -0.3 is 19.4 Å². The Balaban J connectivity index is 1.26. The molecule has 1 aromatic heterocycles. The molecule has 28 heavy (non-hydrogen) atoms. The van der Waals surface area contributed by atoms with E-state index in [0.29, 0.717) is 24.9 Å². The van der Waals surface area contributed by atoms with Crippen molar-refractivity contribution in [3.8, 4) is 0 Å². The van der Waals surface area contributed by atoms with Gasteiger partial charge in [0.25, 0.3) is 5.91 Å². The van der Waals surface area contributed by atoms with E-state index in [1.807, 2.05) is 0 Å². The molecule has 0 bridgehead atoms. The lowest BCUT2D eigenvalue weighted by atomic mass is 9.93. The van der Waals surface area contributed by atoms with Crippen molar-refractivity contribution in [2.75, 3.05) is 32.6 Å². The van der Waals surface area contributed by atoms with Gasteiger partial charge in [-0.25, -0.2) is 8.42 Å². The van der Waals surface area contributed by atoms with Crippen molar-refractivity contribution in [2.24, 2.45) is 17.8 Å². The van der Waals surface area contributed by atoms with Crippen LogP contribution < -0.4 is 5.32 Å². The maximum absolute atomic E-state index is 12.6. The van der Waals surface area contributed by atoms with Crippen LogP contribution in [0.5, 0.6) is 0 Å². The van der Waals surface area contributed by atoms with Crippen molar-refractivity contribution in [1.29, 1.82) is 0 Å². The van der Waals surface area contributed by atoms with Crippen molar-refractivity contribution < 1.29 is 27.2 Å². The number of hydrogen-bond acceptors (Lipinski definition) is 6. The van der Waals surface area contributed by atoms with Gasteiger partial charge in [0, 0.05) is 44.5 Å². The minimum absolute atomic E-state index is 0.0236. The first-order chi connectivity index (χ1) is 13.2. The number of sulfone groups is 1. The summed E-state index contributed by atoms with van der Waals surface area (Å²) in [5, 5.41) is 2.81. The summed E-state index contributed by atoms with van der Waals surface area (Å²) < 4.78 is 34.0. The topological polar surface area (TPSA) is 106 Å². The van der Waals surface area contributed by atoms with Crippen LogP contribution in [-0.2, 0) is 19.4 Å². The Morgan fingerprint density at radius 3 is 2.50 bits per heavy atom. The minimum atomic E-state index is -3.44. The van der Waals surface area contributed by atoms with Crippen molar-refractivity contribution in [3.05, 3.63) is 17.6 Å². The molecule has 2 atom stereocenters. The van der Waals surface area contributed by atoms with Gasteiger partial charge in [0.2, 0.25) is 5.91 Å². The molecule has 1 N–H and O–H groups in total. The lowest BCUT2D eigenvalue weighted by molar-refractivity contribution is -0.138. The molecular weight excluding hydrogens is 384 g/mol. The van der Waals surface area contributed by atoms with E-state index in [1.165, 1.54) is 13.0 Å². The predicted molar refractivity (Wildman–Crippen MR) is 99.5 cm³/mol. The summed E-state index contributed by atoms with van der Waals surface area (Å²) in [6, 6.07) is 1.12. The largest absolute Gasteiger partial charge is 0.455 e. The second-order valence-electron chi connectivity index (χ2n) is 8.17. The molecule has 2 saturated heterocycles. The number of carbonyl (C=O) groups excluding carboxylic acids is 2. The highest BCUT2D eigenvalue weighted by molar-refractivity contribution is 7.90. The van der Waals surface area contributed by atoms with Crippen LogP contribution in [0.15, 0.2) is 15.4 Å². The molecule has 0 unspecified atom stereocenters. The van der Waals surface area contributed by atoms with E-state index >= 15 is 0 Å². The van der Waals surface area contributed by atoms with E-state index in [1.54, 1.807) is 4.90 Å². The number of carbonyl (C=O) groups is 2. The van der Waals surface area contributed by atoms with Gasteiger partial charge in [-0.1, -0.05) is 0 Å². The average molecular weight is 410 g/mol. The minimum Gasteiger partial charge on any atom is -0.455 e. The molecule has 9 heteroatoms. The summed E-state index contributed by atoms with van der Waals surface area (Å²) in [5.41, 5.74) is 0. The Morgan fingerprint density at radius 1 is 1.21 bits per heavy atom. The smallest absolute Gasteiger partial charge is 0.287 e. The molecule has 0 aromatic carbocycles. The van der Waals surface area contributed by atoms with Crippen LogP contribution in [-0.4, -0.2) is 63.7 Å². The lowest BCUT2D eigenvalue weighted by Crippen LogP contribution is -2.61. The highest BCUT2D eigenvalue weighted by atomic mass is 32.2. The summed E-state index contributed by atoms with van der Waals surface area (Å²) in [6.07, 6.45) is 4.14. The second-order valence-corrected chi connectivity index (χ2v) is 10.2. The molecule has 8 nitrogen and oxygen atoms in total. The molecule has 3 fully saturated rings. The number of hydrogen-bond donors (Lipinski definition) is 1. The Bertz CT molecular complexity index is 880. The second kappa shape index (κ2) is 7.18. The number of likely N-dealkylation sites (tertiary alicyclic amines) is 1. The summed E-state index contributed by atoms with van der Waals surface area (Å²) >= 11 is 0. The Morgan fingerprint density at radius 2 is 1.89 bits per heavy atom. The van der Waals surface area contributed by atoms with Crippen LogP contribution in [0.2, 0.25) is 0 Å². The van der Waals surface area contributed by atoms with Crippen molar-refractivity contribution in [3.63, 3.8) is 0 Å². The highest BCUT2D eigenvalue weighted by Crippen LogP contribution is 2.49. The van der Waals surface area contributed by atoms with Gasteiger partial charge in [0.1, 0.15) is 10.7 Å².